The average Bonchev–Trinajstić information content (AvgIpc) is 3.84. The third-order valence-corrected chi connectivity index (χ3v) is 14.7. The second-order valence-corrected chi connectivity index (χ2v) is 24.5. The molecular weight excluding hydrogens is 987 g/mol. The molecule has 10 aromatic rings. The van der Waals surface area contributed by atoms with Crippen molar-refractivity contribution >= 4 is 57.0 Å². The van der Waals surface area contributed by atoms with E-state index in [0.717, 1.165) is 78.0 Å². The van der Waals surface area contributed by atoms with Crippen molar-refractivity contribution in [2.24, 2.45) is 5.41 Å². The van der Waals surface area contributed by atoms with Gasteiger partial charge >= 0.3 is 0 Å². The molecule has 3 heterocycles. The van der Waals surface area contributed by atoms with Gasteiger partial charge in [-0.05, 0) is 94.2 Å². The van der Waals surface area contributed by atoms with E-state index in [2.05, 4.69) is 206 Å². The minimum atomic E-state index is -1.65. The number of benzene rings is 7. The summed E-state index contributed by atoms with van der Waals surface area (Å²) in [4.78, 5) is 10.1. The Balaban J connectivity index is 0.000000182. The third kappa shape index (κ3) is 8.80. The first kappa shape index (κ1) is 44.3. The van der Waals surface area contributed by atoms with Gasteiger partial charge in [0.05, 0.1) is 30.5 Å². The first-order valence-corrected chi connectivity index (χ1v) is 25.8. The molecule has 0 spiro atoms. The molecule has 7 aromatic carbocycles. The Labute approximate surface area is 400 Å². The van der Waals surface area contributed by atoms with Gasteiger partial charge in [0.15, 0.2) is 0 Å². The number of aryl methyl sites for hydroxylation is 4. The van der Waals surface area contributed by atoms with Crippen molar-refractivity contribution in [1.82, 2.24) is 14.5 Å². The molecule has 10 rings (SSSR count). The number of fused-ring (bicyclic) bond motifs is 5. The number of furan rings is 1. The molecule has 1 unspecified atom stereocenters. The zero-order valence-corrected chi connectivity index (χ0v) is 42.8. The molecule has 0 aliphatic carbocycles. The number of rotatable bonds is 6. The summed E-state index contributed by atoms with van der Waals surface area (Å²) in [5, 5.41) is 5.90. The Morgan fingerprint density at radius 1 is 0.738 bits per heavy atom. The average molecular weight is 1050 g/mol. The number of hydrogen-bond acceptors (Lipinski definition) is 3. The van der Waals surface area contributed by atoms with Crippen LogP contribution in [0.5, 0.6) is 0 Å². The maximum absolute atomic E-state index is 9.26. The van der Waals surface area contributed by atoms with Crippen molar-refractivity contribution in [2.75, 3.05) is 0 Å². The van der Waals surface area contributed by atoms with E-state index in [1.165, 1.54) is 38.2 Å². The predicted molar refractivity (Wildman–Crippen MR) is 274 cm³/mol. The van der Waals surface area contributed by atoms with Crippen LogP contribution < -0.4 is 5.19 Å². The van der Waals surface area contributed by atoms with Gasteiger partial charge in [0, 0.05) is 38.7 Å². The van der Waals surface area contributed by atoms with Gasteiger partial charge in [-0.2, -0.15) is 0 Å². The van der Waals surface area contributed by atoms with E-state index in [4.69, 9.17) is 14.4 Å². The minimum absolute atomic E-state index is 0. The summed E-state index contributed by atoms with van der Waals surface area (Å²) in [7, 11) is -1.65. The van der Waals surface area contributed by atoms with Crippen molar-refractivity contribution in [3.63, 3.8) is 0 Å². The Kier molecular flexibility index (Phi) is 12.1. The van der Waals surface area contributed by atoms with Crippen molar-refractivity contribution in [1.29, 1.82) is 0 Å². The van der Waals surface area contributed by atoms with Crippen LogP contribution in [0.3, 0.4) is 0 Å². The van der Waals surface area contributed by atoms with Crippen molar-refractivity contribution in [3.8, 4) is 39.5 Å². The molecule has 4 nitrogen and oxygen atoms in total. The molecule has 0 aliphatic rings. The van der Waals surface area contributed by atoms with Gasteiger partial charge in [0.25, 0.3) is 0 Å². The van der Waals surface area contributed by atoms with Crippen molar-refractivity contribution in [2.45, 2.75) is 80.9 Å². The monoisotopic (exact) mass is 1050 g/mol. The quantitative estimate of drug-likeness (QED) is 0.123. The summed E-state index contributed by atoms with van der Waals surface area (Å²) in [6, 6.07) is 53.4. The Hall–Kier alpha value is -5.91. The molecule has 6 heteroatoms. The fourth-order valence-electron chi connectivity index (χ4n) is 8.91. The van der Waals surface area contributed by atoms with E-state index in [-0.39, 0.29) is 25.5 Å². The van der Waals surface area contributed by atoms with Crippen molar-refractivity contribution < 1.29 is 25.9 Å². The van der Waals surface area contributed by atoms with E-state index >= 15 is 0 Å². The molecule has 0 amide bonds. The fourth-order valence-corrected chi connectivity index (χ4v) is 10.4. The van der Waals surface area contributed by atoms with Gasteiger partial charge in [0.1, 0.15) is 5.58 Å². The number of para-hydroxylation sites is 1. The number of pyridine rings is 1. The molecule has 1 atom stereocenters. The molecule has 0 N–H and O–H groups in total. The number of nitrogens with zero attached hydrogens (tertiary/aromatic N) is 3. The van der Waals surface area contributed by atoms with Crippen LogP contribution in [0.25, 0.3) is 83.2 Å². The van der Waals surface area contributed by atoms with Crippen LogP contribution in [0.4, 0.5) is 0 Å². The molecule has 65 heavy (non-hydrogen) atoms. The Bertz CT molecular complexity index is 3410. The molecule has 3 aromatic heterocycles. The first-order chi connectivity index (χ1) is 30.9. The third-order valence-electron chi connectivity index (χ3n) is 12.7. The fraction of sp³-hybridized carbons (Fsp3) is 0.220. The predicted octanol–water partition coefficient (Wildman–Crippen LogP) is 15.7. The maximum Gasteiger partial charge on any atom is 0.121 e. The standard InChI is InChI=1S/C33H25N2O.C26H32NSi.Ir/c1-19-12-14-25-29(16-19)36-32-26(15-13-20(2)30(25)32)33-34-27-17-23-10-5-6-11-24(23)18-28(27)35(33)31-21(3)8-7-9-22(31)4;1-19(26(2,3)4)23-17-24(27-18-25(23)28(5,6)7)22-15-11-14-21(16-22)20-12-9-8-10-13-20;/h5-14,16-18H,1-4H3;8-14,16-19H,1-7H3;/q2*-1;/i;19D;. The van der Waals surface area contributed by atoms with Crippen LogP contribution in [0.1, 0.15) is 62.8 Å². The maximum atomic E-state index is 9.26. The van der Waals surface area contributed by atoms with Crippen LogP contribution >= 0.6 is 0 Å². The van der Waals surface area contributed by atoms with Gasteiger partial charge < -0.3 is 14.0 Å². The summed E-state index contributed by atoms with van der Waals surface area (Å²) in [5.74, 6) is 0.135. The SMILES string of the molecule is Cc1ccc2c(c1)oc1c(-c3nc4cc5ccccc5cc4n3-c3c(C)cccc3C)[c-]cc(C)c12.[2H]C(C)(c1cc(-c2[c-]ccc(-c3ccccc3)c2)ncc1[Si](C)(C)C)C(C)(C)C.[Ir]. The summed E-state index contributed by atoms with van der Waals surface area (Å²) < 4.78 is 18.1. The molecule has 329 valence electrons. The van der Waals surface area contributed by atoms with E-state index < -0.39 is 14.0 Å². The summed E-state index contributed by atoms with van der Waals surface area (Å²) in [5.41, 5.74) is 15.7. The summed E-state index contributed by atoms with van der Waals surface area (Å²) in [6.45, 7) is 24.0. The molecule has 0 bridgehead atoms. The van der Waals surface area contributed by atoms with E-state index in [1.54, 1.807) is 0 Å². The van der Waals surface area contributed by atoms with Gasteiger partial charge in [-0.3, -0.25) is 4.98 Å². The van der Waals surface area contributed by atoms with Crippen LogP contribution in [-0.2, 0) is 20.1 Å². The van der Waals surface area contributed by atoms with Gasteiger partial charge in [-0.1, -0.05) is 162 Å². The van der Waals surface area contributed by atoms with E-state index in [9.17, 15) is 1.37 Å². The topological polar surface area (TPSA) is 43.9 Å². The van der Waals surface area contributed by atoms with E-state index in [1.807, 2.05) is 25.3 Å². The Morgan fingerprint density at radius 2 is 1.43 bits per heavy atom. The Morgan fingerprint density at radius 3 is 2.12 bits per heavy atom. The largest absolute Gasteiger partial charge is 0.501 e. The van der Waals surface area contributed by atoms with Gasteiger partial charge in [-0.25, -0.2) is 0 Å². The van der Waals surface area contributed by atoms with Crippen LogP contribution in [0, 0.1) is 45.2 Å². The molecule has 0 fully saturated rings. The first-order valence-electron chi connectivity index (χ1n) is 22.8. The second-order valence-electron chi connectivity index (χ2n) is 19.4. The number of hydrogen-bond donors (Lipinski definition) is 0. The van der Waals surface area contributed by atoms with Crippen LogP contribution in [-0.4, -0.2) is 22.6 Å². The minimum Gasteiger partial charge on any atom is -0.501 e. The normalized spacial score (nSPS) is 13.1. The van der Waals surface area contributed by atoms with Gasteiger partial charge in [0.2, 0.25) is 0 Å². The smallest absolute Gasteiger partial charge is 0.121 e. The van der Waals surface area contributed by atoms with Crippen LogP contribution in [0.15, 0.2) is 144 Å². The molecule has 0 saturated heterocycles. The van der Waals surface area contributed by atoms with E-state index in [0.29, 0.717) is 0 Å². The molecule has 0 saturated carbocycles. The number of imidazole rings is 1. The molecule has 0 aliphatic heterocycles. The van der Waals surface area contributed by atoms with Gasteiger partial charge in [-0.15, -0.1) is 53.1 Å². The zero-order chi connectivity index (χ0) is 46.0. The number of aromatic nitrogens is 3. The molecular formula is C59H57IrN3OSi-2. The second kappa shape index (κ2) is 17.8. The summed E-state index contributed by atoms with van der Waals surface area (Å²) in [6.07, 6.45) is 2.03. The van der Waals surface area contributed by atoms with Crippen LogP contribution in [0.2, 0.25) is 19.6 Å². The molecule has 1 radical (unpaired) electrons. The summed E-state index contributed by atoms with van der Waals surface area (Å²) >= 11 is 0. The zero-order valence-electron chi connectivity index (χ0n) is 40.4. The van der Waals surface area contributed by atoms with Crippen molar-refractivity contribution in [3.05, 3.63) is 180 Å².